The summed E-state index contributed by atoms with van der Waals surface area (Å²) in [5.74, 6) is -0.500. The first-order valence-electron chi connectivity index (χ1n) is 3.33. The van der Waals surface area contributed by atoms with Crippen LogP contribution in [0.3, 0.4) is 0 Å². The van der Waals surface area contributed by atoms with Crippen LogP contribution < -0.4 is 5.32 Å². The van der Waals surface area contributed by atoms with Crippen LogP contribution in [0.5, 0.6) is 0 Å². The summed E-state index contributed by atoms with van der Waals surface area (Å²) >= 11 is 0.777. The van der Waals surface area contributed by atoms with E-state index in [1.165, 1.54) is 7.05 Å². The van der Waals surface area contributed by atoms with Gasteiger partial charge in [0.25, 0.3) is 5.91 Å². The molecule has 0 aliphatic rings. The van der Waals surface area contributed by atoms with Crippen LogP contribution in [0.25, 0.3) is 0 Å². The van der Waals surface area contributed by atoms with E-state index in [2.05, 4.69) is 5.32 Å². The Hall–Kier alpha value is -1.04. The Morgan fingerprint density at radius 2 is 2.15 bits per heavy atom. The predicted octanol–water partition coefficient (Wildman–Crippen LogP) is 2.13. The van der Waals surface area contributed by atoms with Gasteiger partial charge in [0.05, 0.1) is 10.4 Å². The van der Waals surface area contributed by atoms with E-state index in [-0.39, 0.29) is 4.88 Å². The van der Waals surface area contributed by atoms with Gasteiger partial charge in [0.15, 0.2) is 0 Å². The second-order valence-corrected chi connectivity index (χ2v) is 3.19. The van der Waals surface area contributed by atoms with Crippen molar-refractivity contribution in [1.82, 2.24) is 5.32 Å². The molecule has 0 aliphatic heterocycles. The standard InChI is InChI=1S/C7H6F3NOS/c1-11-6(12)5-2-4(3-13-5)7(8,9)10/h2-3H,1H3,(H,11,12). The van der Waals surface area contributed by atoms with Gasteiger partial charge in [-0.05, 0) is 6.07 Å². The summed E-state index contributed by atoms with van der Waals surface area (Å²) in [6.07, 6.45) is -4.37. The van der Waals surface area contributed by atoms with Crippen LogP contribution in [0.15, 0.2) is 11.4 Å². The highest BCUT2D eigenvalue weighted by Crippen LogP contribution is 2.32. The average Bonchev–Trinajstić information content (AvgIpc) is 2.50. The normalized spacial score (nSPS) is 11.4. The van der Waals surface area contributed by atoms with Crippen molar-refractivity contribution in [3.05, 3.63) is 21.9 Å². The Morgan fingerprint density at radius 3 is 2.54 bits per heavy atom. The maximum Gasteiger partial charge on any atom is 0.417 e. The molecule has 1 amide bonds. The second-order valence-electron chi connectivity index (χ2n) is 2.28. The van der Waals surface area contributed by atoms with Crippen LogP contribution in [0, 0.1) is 0 Å². The number of alkyl halides is 3. The molecule has 0 aliphatic carbocycles. The number of hydrogen-bond donors (Lipinski definition) is 1. The van der Waals surface area contributed by atoms with E-state index in [9.17, 15) is 18.0 Å². The third kappa shape index (κ3) is 2.21. The van der Waals surface area contributed by atoms with Crippen molar-refractivity contribution in [3.63, 3.8) is 0 Å². The predicted molar refractivity (Wildman–Crippen MR) is 42.7 cm³/mol. The minimum absolute atomic E-state index is 0.0647. The van der Waals surface area contributed by atoms with Gasteiger partial charge < -0.3 is 5.32 Å². The van der Waals surface area contributed by atoms with Crippen LogP contribution in [0.4, 0.5) is 13.2 Å². The molecule has 1 heterocycles. The number of hydrogen-bond acceptors (Lipinski definition) is 2. The maximum atomic E-state index is 12.0. The fourth-order valence-electron chi connectivity index (χ4n) is 0.727. The molecule has 0 unspecified atom stereocenters. The highest BCUT2D eigenvalue weighted by atomic mass is 32.1. The maximum absolute atomic E-state index is 12.0. The second kappa shape index (κ2) is 3.37. The van der Waals surface area contributed by atoms with Crippen LogP contribution >= 0.6 is 11.3 Å². The summed E-state index contributed by atoms with van der Waals surface area (Å²) in [6.45, 7) is 0. The molecule has 0 radical (unpaired) electrons. The van der Waals surface area contributed by atoms with Gasteiger partial charge in [-0.15, -0.1) is 11.3 Å². The van der Waals surface area contributed by atoms with E-state index in [4.69, 9.17) is 0 Å². The highest BCUT2D eigenvalue weighted by molar-refractivity contribution is 7.12. The summed E-state index contributed by atoms with van der Waals surface area (Å²) in [5, 5.41) is 3.17. The Labute approximate surface area is 76.4 Å². The zero-order valence-electron chi connectivity index (χ0n) is 6.61. The van der Waals surface area contributed by atoms with Crippen molar-refractivity contribution in [2.24, 2.45) is 0 Å². The summed E-state index contributed by atoms with van der Waals surface area (Å²) in [4.78, 5) is 11.0. The lowest BCUT2D eigenvalue weighted by Crippen LogP contribution is -2.16. The Kier molecular flexibility index (Phi) is 2.60. The molecular formula is C7H6F3NOS. The first-order chi connectivity index (χ1) is 5.95. The van der Waals surface area contributed by atoms with E-state index >= 15 is 0 Å². The van der Waals surface area contributed by atoms with Crippen LogP contribution in [0.1, 0.15) is 15.2 Å². The van der Waals surface area contributed by atoms with E-state index in [0.717, 1.165) is 22.8 Å². The zero-order chi connectivity index (χ0) is 10.1. The van der Waals surface area contributed by atoms with Gasteiger partial charge in [-0.25, -0.2) is 0 Å². The molecule has 1 aromatic rings. The van der Waals surface area contributed by atoms with Gasteiger partial charge in [0, 0.05) is 12.4 Å². The number of nitrogens with one attached hydrogen (secondary N) is 1. The molecule has 13 heavy (non-hydrogen) atoms. The van der Waals surface area contributed by atoms with E-state index in [1.807, 2.05) is 0 Å². The molecule has 1 aromatic heterocycles. The quantitative estimate of drug-likeness (QED) is 0.754. The third-order valence-corrected chi connectivity index (χ3v) is 2.31. The van der Waals surface area contributed by atoms with Gasteiger partial charge in [0.1, 0.15) is 0 Å². The van der Waals surface area contributed by atoms with Crippen LogP contribution in [-0.4, -0.2) is 13.0 Å². The Bertz CT molecular complexity index is 318. The average molecular weight is 209 g/mol. The van der Waals surface area contributed by atoms with Crippen LogP contribution in [0.2, 0.25) is 0 Å². The van der Waals surface area contributed by atoms with Crippen molar-refractivity contribution in [2.45, 2.75) is 6.18 Å². The number of thiophene rings is 1. The molecule has 6 heteroatoms. The third-order valence-electron chi connectivity index (χ3n) is 1.38. The Balaban J connectivity index is 2.93. The number of carbonyl (C=O) groups is 1. The van der Waals surface area contributed by atoms with Gasteiger partial charge in [-0.3, -0.25) is 4.79 Å². The van der Waals surface area contributed by atoms with E-state index in [1.54, 1.807) is 0 Å². The molecule has 0 aromatic carbocycles. The summed E-state index contributed by atoms with van der Waals surface area (Å²) in [5.41, 5.74) is -0.781. The van der Waals surface area contributed by atoms with Crippen molar-refractivity contribution < 1.29 is 18.0 Å². The molecule has 0 spiro atoms. The highest BCUT2D eigenvalue weighted by Gasteiger charge is 2.32. The van der Waals surface area contributed by atoms with E-state index in [0.29, 0.717) is 0 Å². The Morgan fingerprint density at radius 1 is 1.54 bits per heavy atom. The van der Waals surface area contributed by atoms with Gasteiger partial charge in [-0.1, -0.05) is 0 Å². The minimum atomic E-state index is -4.37. The molecule has 72 valence electrons. The lowest BCUT2D eigenvalue weighted by molar-refractivity contribution is -0.137. The molecule has 2 nitrogen and oxygen atoms in total. The summed E-state index contributed by atoms with van der Waals surface area (Å²) < 4.78 is 36.1. The topological polar surface area (TPSA) is 29.1 Å². The fourth-order valence-corrected chi connectivity index (χ4v) is 1.59. The van der Waals surface area contributed by atoms with Gasteiger partial charge in [-0.2, -0.15) is 13.2 Å². The summed E-state index contributed by atoms with van der Waals surface area (Å²) in [7, 11) is 1.37. The largest absolute Gasteiger partial charge is 0.417 e. The SMILES string of the molecule is CNC(=O)c1cc(C(F)(F)F)cs1. The molecule has 0 bridgehead atoms. The molecule has 1 N–H and O–H groups in total. The lowest BCUT2D eigenvalue weighted by atomic mass is 10.3. The monoisotopic (exact) mass is 209 g/mol. The minimum Gasteiger partial charge on any atom is -0.354 e. The molecule has 0 saturated heterocycles. The molecule has 0 saturated carbocycles. The number of rotatable bonds is 1. The van der Waals surface area contributed by atoms with Gasteiger partial charge in [0.2, 0.25) is 0 Å². The molecule has 0 fully saturated rings. The smallest absolute Gasteiger partial charge is 0.354 e. The van der Waals surface area contributed by atoms with Crippen molar-refractivity contribution in [2.75, 3.05) is 7.05 Å². The van der Waals surface area contributed by atoms with Gasteiger partial charge >= 0.3 is 6.18 Å². The van der Waals surface area contributed by atoms with E-state index < -0.39 is 17.6 Å². The number of carbonyl (C=O) groups excluding carboxylic acids is 1. The lowest BCUT2D eigenvalue weighted by Gasteiger charge is -2.00. The number of amides is 1. The zero-order valence-corrected chi connectivity index (χ0v) is 7.42. The van der Waals surface area contributed by atoms with Crippen molar-refractivity contribution in [1.29, 1.82) is 0 Å². The summed E-state index contributed by atoms with van der Waals surface area (Å²) in [6, 6.07) is 0.837. The molecule has 1 rings (SSSR count). The van der Waals surface area contributed by atoms with Crippen molar-refractivity contribution in [3.8, 4) is 0 Å². The first kappa shape index (κ1) is 10.0. The van der Waals surface area contributed by atoms with Crippen LogP contribution in [-0.2, 0) is 6.18 Å². The van der Waals surface area contributed by atoms with Crippen molar-refractivity contribution >= 4 is 17.2 Å². The molecule has 0 atom stereocenters. The molecular weight excluding hydrogens is 203 g/mol. The fraction of sp³-hybridized carbons (Fsp3) is 0.286. The number of halogens is 3. The first-order valence-corrected chi connectivity index (χ1v) is 4.21.